The number of H-pyrrole nitrogens is 1. The minimum atomic E-state index is -0.461. The van der Waals surface area contributed by atoms with Crippen molar-refractivity contribution in [2.45, 2.75) is 5.16 Å². The minimum absolute atomic E-state index is 0.0986. The molecule has 0 bridgehead atoms. The maximum atomic E-state index is 13.0. The third-order valence-electron chi connectivity index (χ3n) is 2.96. The molecule has 3 rings (SSSR count). The number of halogens is 2. The van der Waals surface area contributed by atoms with Gasteiger partial charge in [0.25, 0.3) is 0 Å². The molecule has 2 aromatic heterocycles. The Morgan fingerprint density at radius 3 is 2.83 bits per heavy atom. The Morgan fingerprint density at radius 1 is 1.29 bits per heavy atom. The number of rotatable bonds is 5. The first kappa shape index (κ1) is 16.4. The number of pyridine rings is 1. The average Bonchev–Trinajstić information content (AvgIpc) is 3.05. The van der Waals surface area contributed by atoms with Crippen LogP contribution in [0.5, 0.6) is 0 Å². The van der Waals surface area contributed by atoms with Crippen molar-refractivity contribution in [3.63, 3.8) is 0 Å². The number of aromatic amines is 1. The zero-order valence-electron chi connectivity index (χ0n) is 12.2. The van der Waals surface area contributed by atoms with Gasteiger partial charge in [-0.3, -0.25) is 14.9 Å². The normalized spacial score (nSPS) is 10.6. The van der Waals surface area contributed by atoms with Crippen molar-refractivity contribution in [3.8, 4) is 11.4 Å². The van der Waals surface area contributed by atoms with E-state index in [1.807, 2.05) is 0 Å². The standard InChI is InChI=1S/C15H11ClFN5OS/c16-11-7-10(17)1-2-12(11)19-13(23)8-24-15-20-14(21-22-15)9-3-5-18-6-4-9/h1-7H,8H2,(H,19,23)(H,20,21,22). The van der Waals surface area contributed by atoms with Crippen LogP contribution >= 0.6 is 23.4 Å². The largest absolute Gasteiger partial charge is 0.324 e. The Bertz CT molecular complexity index is 858. The van der Waals surface area contributed by atoms with Crippen LogP contribution in [0.1, 0.15) is 0 Å². The lowest BCUT2D eigenvalue weighted by Gasteiger charge is -2.06. The average molecular weight is 364 g/mol. The summed E-state index contributed by atoms with van der Waals surface area (Å²) < 4.78 is 13.0. The van der Waals surface area contributed by atoms with Crippen molar-refractivity contribution in [2.24, 2.45) is 0 Å². The number of nitrogens with one attached hydrogen (secondary N) is 2. The zero-order valence-corrected chi connectivity index (χ0v) is 13.7. The number of hydrogen-bond donors (Lipinski definition) is 2. The summed E-state index contributed by atoms with van der Waals surface area (Å²) in [5, 5.41) is 10.1. The highest BCUT2D eigenvalue weighted by molar-refractivity contribution is 7.99. The Kier molecular flexibility index (Phi) is 5.07. The molecular weight excluding hydrogens is 353 g/mol. The molecule has 0 unspecified atom stereocenters. The van der Waals surface area contributed by atoms with Crippen LogP contribution in [-0.2, 0) is 4.79 Å². The summed E-state index contributed by atoms with van der Waals surface area (Å²) in [6, 6.07) is 7.39. The predicted octanol–water partition coefficient (Wildman–Crippen LogP) is 3.39. The predicted molar refractivity (Wildman–Crippen MR) is 90.4 cm³/mol. The van der Waals surface area contributed by atoms with Crippen LogP contribution < -0.4 is 5.32 Å². The molecule has 0 aliphatic rings. The molecule has 6 nitrogen and oxygen atoms in total. The molecule has 9 heteroatoms. The van der Waals surface area contributed by atoms with Crippen molar-refractivity contribution in [2.75, 3.05) is 11.1 Å². The van der Waals surface area contributed by atoms with Crippen LogP contribution in [0.25, 0.3) is 11.4 Å². The molecule has 2 N–H and O–H groups in total. The Hall–Kier alpha value is -2.45. The van der Waals surface area contributed by atoms with E-state index >= 15 is 0 Å². The number of aromatic nitrogens is 4. The van der Waals surface area contributed by atoms with Gasteiger partial charge >= 0.3 is 0 Å². The molecule has 0 saturated carbocycles. The van der Waals surface area contributed by atoms with Crippen LogP contribution in [0, 0.1) is 5.82 Å². The molecule has 3 aromatic rings. The smallest absolute Gasteiger partial charge is 0.234 e. The minimum Gasteiger partial charge on any atom is -0.324 e. The highest BCUT2D eigenvalue weighted by Gasteiger charge is 2.10. The number of hydrogen-bond acceptors (Lipinski definition) is 5. The second kappa shape index (κ2) is 7.41. The first-order valence-corrected chi connectivity index (χ1v) is 8.18. The van der Waals surface area contributed by atoms with Crippen molar-refractivity contribution in [3.05, 3.63) is 53.6 Å². The van der Waals surface area contributed by atoms with E-state index in [0.717, 1.165) is 11.6 Å². The topological polar surface area (TPSA) is 83.6 Å². The summed E-state index contributed by atoms with van der Waals surface area (Å²) >= 11 is 7.04. The van der Waals surface area contributed by atoms with Gasteiger partial charge in [-0.15, -0.1) is 5.10 Å². The summed E-state index contributed by atoms with van der Waals surface area (Å²) in [5.41, 5.74) is 1.21. The molecule has 0 fully saturated rings. The molecule has 24 heavy (non-hydrogen) atoms. The van der Waals surface area contributed by atoms with Gasteiger partial charge in [-0.05, 0) is 30.3 Å². The number of carbonyl (C=O) groups excluding carboxylic acids is 1. The van der Waals surface area contributed by atoms with Gasteiger partial charge in [-0.2, -0.15) is 0 Å². The van der Waals surface area contributed by atoms with Crippen LogP contribution in [0.15, 0.2) is 47.9 Å². The second-order valence-corrected chi connectivity index (χ2v) is 6.01. The molecule has 0 aliphatic carbocycles. The molecule has 1 aromatic carbocycles. The van der Waals surface area contributed by atoms with Crippen LogP contribution in [0.3, 0.4) is 0 Å². The molecule has 0 atom stereocenters. The molecule has 122 valence electrons. The number of carbonyl (C=O) groups is 1. The number of thioether (sulfide) groups is 1. The van der Waals surface area contributed by atoms with Gasteiger partial charge in [-0.25, -0.2) is 9.37 Å². The monoisotopic (exact) mass is 363 g/mol. The molecule has 0 spiro atoms. The van der Waals surface area contributed by atoms with Gasteiger partial charge in [0, 0.05) is 18.0 Å². The van der Waals surface area contributed by atoms with Gasteiger partial charge in [0.1, 0.15) is 5.82 Å². The van der Waals surface area contributed by atoms with E-state index in [-0.39, 0.29) is 16.7 Å². The number of nitrogens with zero attached hydrogens (tertiary/aromatic N) is 3. The number of amides is 1. The van der Waals surface area contributed by atoms with Gasteiger partial charge in [0.05, 0.1) is 16.5 Å². The van der Waals surface area contributed by atoms with Gasteiger partial charge < -0.3 is 5.32 Å². The molecule has 0 radical (unpaired) electrons. The fraction of sp³-hybridized carbons (Fsp3) is 0.0667. The van der Waals surface area contributed by atoms with E-state index in [0.29, 0.717) is 16.7 Å². The number of anilines is 1. The lowest BCUT2D eigenvalue weighted by atomic mass is 10.3. The fourth-order valence-electron chi connectivity index (χ4n) is 1.86. The molecular formula is C15H11ClFN5OS. The molecule has 0 saturated heterocycles. The maximum Gasteiger partial charge on any atom is 0.234 e. The maximum absolute atomic E-state index is 13.0. The summed E-state index contributed by atoms with van der Waals surface area (Å²) in [4.78, 5) is 20.2. The van der Waals surface area contributed by atoms with Crippen molar-refractivity contribution < 1.29 is 9.18 Å². The summed E-state index contributed by atoms with van der Waals surface area (Å²) in [6.07, 6.45) is 3.31. The summed E-state index contributed by atoms with van der Waals surface area (Å²) in [7, 11) is 0. The van der Waals surface area contributed by atoms with E-state index < -0.39 is 5.82 Å². The zero-order chi connectivity index (χ0) is 16.9. The van der Waals surface area contributed by atoms with E-state index in [1.54, 1.807) is 24.5 Å². The molecule has 1 amide bonds. The lowest BCUT2D eigenvalue weighted by Crippen LogP contribution is -2.14. The van der Waals surface area contributed by atoms with Gasteiger partial charge in [0.15, 0.2) is 5.82 Å². The Morgan fingerprint density at radius 2 is 2.08 bits per heavy atom. The highest BCUT2D eigenvalue weighted by atomic mass is 35.5. The molecule has 0 aliphatic heterocycles. The van der Waals surface area contributed by atoms with E-state index in [4.69, 9.17) is 11.6 Å². The highest BCUT2D eigenvalue weighted by Crippen LogP contribution is 2.23. The molecule has 2 heterocycles. The first-order valence-electron chi connectivity index (χ1n) is 6.82. The van der Waals surface area contributed by atoms with Crippen molar-refractivity contribution in [1.29, 1.82) is 0 Å². The first-order chi connectivity index (χ1) is 11.6. The van der Waals surface area contributed by atoms with E-state index in [1.165, 1.54) is 23.9 Å². The van der Waals surface area contributed by atoms with Gasteiger partial charge in [-0.1, -0.05) is 23.4 Å². The lowest BCUT2D eigenvalue weighted by molar-refractivity contribution is -0.113. The summed E-state index contributed by atoms with van der Waals surface area (Å²) in [5.74, 6) is -0.0520. The third-order valence-corrected chi connectivity index (χ3v) is 4.12. The SMILES string of the molecule is O=C(CSc1n[nH]c(-c2ccncc2)n1)Nc1ccc(F)cc1Cl. The van der Waals surface area contributed by atoms with E-state index in [2.05, 4.69) is 25.5 Å². The van der Waals surface area contributed by atoms with Crippen LogP contribution in [0.2, 0.25) is 5.02 Å². The quantitative estimate of drug-likeness (QED) is 0.679. The summed E-state index contributed by atoms with van der Waals surface area (Å²) in [6.45, 7) is 0. The van der Waals surface area contributed by atoms with Crippen molar-refractivity contribution >= 4 is 35.0 Å². The number of benzene rings is 1. The Labute approximate surface area is 145 Å². The second-order valence-electron chi connectivity index (χ2n) is 4.66. The third kappa shape index (κ3) is 4.09. The van der Waals surface area contributed by atoms with Crippen molar-refractivity contribution in [1.82, 2.24) is 20.2 Å². The van der Waals surface area contributed by atoms with Gasteiger partial charge in [0.2, 0.25) is 11.1 Å². The van der Waals surface area contributed by atoms with E-state index in [9.17, 15) is 9.18 Å². The Balaban J connectivity index is 1.58. The fourth-order valence-corrected chi connectivity index (χ4v) is 2.67. The van der Waals surface area contributed by atoms with Crippen LogP contribution in [0.4, 0.5) is 10.1 Å². The van der Waals surface area contributed by atoms with Crippen LogP contribution in [-0.4, -0.2) is 31.8 Å².